The molecule has 20 heavy (non-hydrogen) atoms. The standard InChI is InChI=1S/C13H14ClN3OS2/c1-2-7-15-12-16-17-13(20-12)19-8-11(18)9-3-5-10(14)6-4-9/h3-6H,2,7-8H2,1H3,(H,15,16). The van der Waals surface area contributed by atoms with Crippen LogP contribution in [0.3, 0.4) is 0 Å². The lowest BCUT2D eigenvalue weighted by atomic mass is 10.1. The molecule has 0 aliphatic carbocycles. The fourth-order valence-corrected chi connectivity index (χ4v) is 3.22. The van der Waals surface area contributed by atoms with Gasteiger partial charge in [-0.05, 0) is 30.7 Å². The predicted molar refractivity (Wildman–Crippen MR) is 85.2 cm³/mol. The zero-order chi connectivity index (χ0) is 14.4. The third-order valence-corrected chi connectivity index (χ3v) is 4.69. The van der Waals surface area contributed by atoms with Gasteiger partial charge in [0.15, 0.2) is 10.1 Å². The van der Waals surface area contributed by atoms with Crippen LogP contribution in [-0.2, 0) is 0 Å². The summed E-state index contributed by atoms with van der Waals surface area (Å²) < 4.78 is 0.797. The van der Waals surface area contributed by atoms with E-state index in [1.165, 1.54) is 23.1 Å². The molecule has 4 nitrogen and oxygen atoms in total. The lowest BCUT2D eigenvalue weighted by molar-refractivity contribution is 0.102. The highest BCUT2D eigenvalue weighted by Crippen LogP contribution is 2.26. The highest BCUT2D eigenvalue weighted by atomic mass is 35.5. The van der Waals surface area contributed by atoms with Crippen LogP contribution in [0.25, 0.3) is 0 Å². The molecule has 1 N–H and O–H groups in total. The number of halogens is 1. The highest BCUT2D eigenvalue weighted by molar-refractivity contribution is 8.01. The SMILES string of the molecule is CCCNc1nnc(SCC(=O)c2ccc(Cl)cc2)s1. The minimum absolute atomic E-state index is 0.0601. The number of hydrogen-bond acceptors (Lipinski definition) is 6. The van der Waals surface area contributed by atoms with Gasteiger partial charge < -0.3 is 5.32 Å². The molecule has 0 unspecified atom stereocenters. The number of benzene rings is 1. The van der Waals surface area contributed by atoms with Gasteiger partial charge >= 0.3 is 0 Å². The van der Waals surface area contributed by atoms with Gasteiger partial charge in [-0.25, -0.2) is 0 Å². The molecular formula is C13H14ClN3OS2. The van der Waals surface area contributed by atoms with Gasteiger partial charge in [0.05, 0.1) is 5.75 Å². The summed E-state index contributed by atoms with van der Waals surface area (Å²) in [5, 5.41) is 12.7. The number of nitrogens with one attached hydrogen (secondary N) is 1. The van der Waals surface area contributed by atoms with Gasteiger partial charge in [0.2, 0.25) is 5.13 Å². The topological polar surface area (TPSA) is 54.9 Å². The number of Topliss-reactive ketones (excluding diaryl/α,β-unsaturated/α-hetero) is 1. The van der Waals surface area contributed by atoms with E-state index in [4.69, 9.17) is 11.6 Å². The summed E-state index contributed by atoms with van der Waals surface area (Å²) in [5.74, 6) is 0.411. The molecular weight excluding hydrogens is 314 g/mol. The Bertz CT molecular complexity index is 571. The first kappa shape index (κ1) is 15.3. The number of hydrogen-bond donors (Lipinski definition) is 1. The summed E-state index contributed by atoms with van der Waals surface area (Å²) in [6, 6.07) is 6.91. The van der Waals surface area contributed by atoms with E-state index in [1.54, 1.807) is 24.3 Å². The van der Waals surface area contributed by atoms with E-state index in [9.17, 15) is 4.79 Å². The van der Waals surface area contributed by atoms with E-state index in [-0.39, 0.29) is 5.78 Å². The number of nitrogens with zero attached hydrogens (tertiary/aromatic N) is 2. The van der Waals surface area contributed by atoms with E-state index < -0.39 is 0 Å². The van der Waals surface area contributed by atoms with Crippen LogP contribution in [0.5, 0.6) is 0 Å². The Kier molecular flexibility index (Phi) is 5.82. The van der Waals surface area contributed by atoms with Gasteiger partial charge in [0, 0.05) is 17.1 Å². The van der Waals surface area contributed by atoms with Crippen molar-refractivity contribution in [3.63, 3.8) is 0 Å². The van der Waals surface area contributed by atoms with Gasteiger partial charge in [-0.1, -0.05) is 41.6 Å². The van der Waals surface area contributed by atoms with Crippen molar-refractivity contribution in [2.24, 2.45) is 0 Å². The van der Waals surface area contributed by atoms with Gasteiger partial charge in [-0.3, -0.25) is 4.79 Å². The summed E-state index contributed by atoms with van der Waals surface area (Å²) >= 11 is 8.67. The molecule has 0 atom stereocenters. The van der Waals surface area contributed by atoms with Gasteiger partial charge in [0.1, 0.15) is 0 Å². The summed E-state index contributed by atoms with van der Waals surface area (Å²) in [6.45, 7) is 2.97. The van der Waals surface area contributed by atoms with Crippen molar-refractivity contribution < 1.29 is 4.79 Å². The molecule has 0 aliphatic heterocycles. The number of anilines is 1. The van der Waals surface area contributed by atoms with Gasteiger partial charge in [-0.2, -0.15) is 0 Å². The molecule has 0 spiro atoms. The molecule has 0 saturated heterocycles. The second kappa shape index (κ2) is 7.61. The van der Waals surface area contributed by atoms with Crippen molar-refractivity contribution in [2.45, 2.75) is 17.7 Å². The molecule has 0 amide bonds. The van der Waals surface area contributed by atoms with Crippen molar-refractivity contribution >= 4 is 45.6 Å². The molecule has 1 aromatic heterocycles. The first-order valence-electron chi connectivity index (χ1n) is 6.18. The Morgan fingerprint density at radius 2 is 2.10 bits per heavy atom. The summed E-state index contributed by atoms with van der Waals surface area (Å²) in [5.41, 5.74) is 0.663. The first-order valence-corrected chi connectivity index (χ1v) is 8.36. The number of thioether (sulfide) groups is 1. The van der Waals surface area contributed by atoms with Crippen molar-refractivity contribution in [1.29, 1.82) is 0 Å². The van der Waals surface area contributed by atoms with E-state index in [1.807, 2.05) is 0 Å². The maximum Gasteiger partial charge on any atom is 0.206 e. The van der Waals surface area contributed by atoms with Gasteiger partial charge in [-0.15, -0.1) is 10.2 Å². The molecule has 2 aromatic rings. The fraction of sp³-hybridized carbons (Fsp3) is 0.308. The zero-order valence-electron chi connectivity index (χ0n) is 10.9. The number of rotatable bonds is 7. The van der Waals surface area contributed by atoms with Crippen LogP contribution in [0.1, 0.15) is 23.7 Å². The summed E-state index contributed by atoms with van der Waals surface area (Å²) in [4.78, 5) is 12.0. The number of carbonyl (C=O) groups excluding carboxylic acids is 1. The van der Waals surface area contributed by atoms with Crippen LogP contribution < -0.4 is 5.32 Å². The predicted octanol–water partition coefficient (Wildman–Crippen LogP) is 3.99. The maximum absolute atomic E-state index is 12.0. The van der Waals surface area contributed by atoms with Gasteiger partial charge in [0.25, 0.3) is 0 Å². The molecule has 1 heterocycles. The Morgan fingerprint density at radius 3 is 2.80 bits per heavy atom. The Morgan fingerprint density at radius 1 is 1.35 bits per heavy atom. The Hall–Kier alpha value is -1.11. The summed E-state index contributed by atoms with van der Waals surface area (Å²) in [7, 11) is 0. The number of ketones is 1. The van der Waals surface area contributed by atoms with Crippen LogP contribution in [0.2, 0.25) is 5.02 Å². The fourth-order valence-electron chi connectivity index (χ4n) is 1.42. The molecule has 1 aromatic carbocycles. The number of aromatic nitrogens is 2. The van der Waals surface area contributed by atoms with E-state index in [2.05, 4.69) is 22.4 Å². The second-order valence-corrected chi connectivity index (χ2v) is 6.66. The Labute approximate surface area is 130 Å². The second-order valence-electron chi connectivity index (χ2n) is 4.02. The monoisotopic (exact) mass is 327 g/mol. The molecule has 0 bridgehead atoms. The molecule has 7 heteroatoms. The van der Waals surface area contributed by atoms with Crippen LogP contribution in [0, 0.1) is 0 Å². The van der Waals surface area contributed by atoms with E-state index in [0.29, 0.717) is 16.3 Å². The van der Waals surface area contributed by atoms with Crippen LogP contribution in [0.15, 0.2) is 28.6 Å². The van der Waals surface area contributed by atoms with Crippen molar-refractivity contribution in [1.82, 2.24) is 10.2 Å². The van der Waals surface area contributed by atoms with Crippen LogP contribution in [0.4, 0.5) is 5.13 Å². The molecule has 0 radical (unpaired) electrons. The minimum atomic E-state index is 0.0601. The van der Waals surface area contributed by atoms with Crippen molar-refractivity contribution in [2.75, 3.05) is 17.6 Å². The average molecular weight is 328 g/mol. The first-order chi connectivity index (χ1) is 9.69. The maximum atomic E-state index is 12.0. The zero-order valence-corrected chi connectivity index (χ0v) is 13.3. The third kappa shape index (κ3) is 4.47. The normalized spacial score (nSPS) is 10.5. The molecule has 2 rings (SSSR count). The van der Waals surface area contributed by atoms with E-state index >= 15 is 0 Å². The summed E-state index contributed by atoms with van der Waals surface area (Å²) in [6.07, 6.45) is 1.04. The lowest BCUT2D eigenvalue weighted by Crippen LogP contribution is -2.01. The number of carbonyl (C=O) groups is 1. The average Bonchev–Trinajstić information content (AvgIpc) is 2.91. The van der Waals surface area contributed by atoms with Crippen LogP contribution >= 0.6 is 34.7 Å². The molecule has 0 saturated carbocycles. The Balaban J connectivity index is 1.86. The molecule has 0 fully saturated rings. The molecule has 0 aliphatic rings. The minimum Gasteiger partial charge on any atom is -0.360 e. The quantitative estimate of drug-likeness (QED) is 0.615. The third-order valence-electron chi connectivity index (χ3n) is 2.43. The molecule has 106 valence electrons. The van der Waals surface area contributed by atoms with Crippen LogP contribution in [-0.4, -0.2) is 28.3 Å². The van der Waals surface area contributed by atoms with Crippen molar-refractivity contribution in [3.8, 4) is 0 Å². The van der Waals surface area contributed by atoms with E-state index in [0.717, 1.165) is 22.4 Å². The highest BCUT2D eigenvalue weighted by Gasteiger charge is 2.09. The van der Waals surface area contributed by atoms with Crippen molar-refractivity contribution in [3.05, 3.63) is 34.9 Å². The largest absolute Gasteiger partial charge is 0.360 e. The lowest BCUT2D eigenvalue weighted by Gasteiger charge is -1.99. The smallest absolute Gasteiger partial charge is 0.206 e.